The predicted molar refractivity (Wildman–Crippen MR) is 90.6 cm³/mol. The zero-order valence-electron chi connectivity index (χ0n) is 12.8. The Morgan fingerprint density at radius 3 is 2.65 bits per heavy atom. The van der Waals surface area contributed by atoms with Gasteiger partial charge in [-0.15, -0.1) is 0 Å². The van der Waals surface area contributed by atoms with E-state index in [-0.39, 0.29) is 5.91 Å². The number of rotatable bonds is 4. The van der Waals surface area contributed by atoms with E-state index in [2.05, 4.69) is 26.3 Å². The smallest absolute Gasteiger partial charge is 0.255 e. The van der Waals surface area contributed by atoms with Crippen molar-refractivity contribution in [1.29, 1.82) is 0 Å². The van der Waals surface area contributed by atoms with E-state index in [4.69, 9.17) is 4.42 Å². The molecule has 0 atom stereocenters. The number of carbonyl (C=O) groups is 1. The van der Waals surface area contributed by atoms with Crippen LogP contribution in [0.1, 0.15) is 27.5 Å². The van der Waals surface area contributed by atoms with Gasteiger partial charge in [0, 0.05) is 4.47 Å². The van der Waals surface area contributed by atoms with Crippen molar-refractivity contribution in [3.63, 3.8) is 0 Å². The van der Waals surface area contributed by atoms with E-state index >= 15 is 0 Å². The van der Waals surface area contributed by atoms with Crippen LogP contribution in [-0.4, -0.2) is 15.7 Å². The average molecular weight is 374 g/mol. The van der Waals surface area contributed by atoms with Crippen LogP contribution in [0, 0.1) is 13.8 Å². The lowest BCUT2D eigenvalue weighted by Crippen LogP contribution is -2.23. The van der Waals surface area contributed by atoms with Crippen LogP contribution in [0.25, 0.3) is 5.69 Å². The highest BCUT2D eigenvalue weighted by atomic mass is 79.9. The molecule has 1 N–H and O–H groups in total. The van der Waals surface area contributed by atoms with Crippen LogP contribution in [0.5, 0.6) is 0 Å². The lowest BCUT2D eigenvalue weighted by molar-refractivity contribution is 0.0947. The third kappa shape index (κ3) is 3.22. The van der Waals surface area contributed by atoms with Gasteiger partial charge >= 0.3 is 0 Å². The average Bonchev–Trinajstić information content (AvgIpc) is 3.14. The molecule has 0 saturated carbocycles. The van der Waals surface area contributed by atoms with Gasteiger partial charge in [0.1, 0.15) is 5.76 Å². The van der Waals surface area contributed by atoms with Crippen molar-refractivity contribution >= 4 is 21.8 Å². The Balaban J connectivity index is 1.85. The van der Waals surface area contributed by atoms with Crippen molar-refractivity contribution in [2.45, 2.75) is 20.4 Å². The van der Waals surface area contributed by atoms with Gasteiger partial charge in [0.05, 0.1) is 35.4 Å². The molecule has 5 nitrogen and oxygen atoms in total. The minimum absolute atomic E-state index is 0.153. The maximum absolute atomic E-state index is 12.5. The number of hydrogen-bond donors (Lipinski definition) is 1. The molecule has 0 radical (unpaired) electrons. The molecule has 1 aromatic carbocycles. The second-order valence-corrected chi connectivity index (χ2v) is 6.11. The Bertz CT molecular complexity index is 820. The van der Waals surface area contributed by atoms with Crippen LogP contribution in [0.2, 0.25) is 0 Å². The summed E-state index contributed by atoms with van der Waals surface area (Å²) >= 11 is 3.42. The predicted octanol–water partition coefficient (Wildman–Crippen LogP) is 3.77. The summed E-state index contributed by atoms with van der Waals surface area (Å²) in [6, 6.07) is 11.4. The summed E-state index contributed by atoms with van der Waals surface area (Å²) in [6.45, 7) is 4.09. The third-order valence-electron chi connectivity index (χ3n) is 3.59. The van der Waals surface area contributed by atoms with E-state index in [0.717, 1.165) is 15.9 Å². The van der Waals surface area contributed by atoms with Crippen molar-refractivity contribution in [3.05, 3.63) is 69.8 Å². The highest BCUT2D eigenvalue weighted by molar-refractivity contribution is 9.10. The lowest BCUT2D eigenvalue weighted by atomic mass is 10.2. The standard InChI is InChI=1S/C17H16BrN3O2/c1-11-16(17(22)19-10-15-4-3-9-23-15)12(2)21(20-11)14-7-5-13(18)6-8-14/h3-9H,10H2,1-2H3,(H,19,22). The molecule has 0 aliphatic rings. The van der Waals surface area contributed by atoms with Crippen molar-refractivity contribution in [1.82, 2.24) is 15.1 Å². The second kappa shape index (κ2) is 6.42. The molecular formula is C17H16BrN3O2. The molecule has 23 heavy (non-hydrogen) atoms. The molecule has 0 spiro atoms. The van der Waals surface area contributed by atoms with Gasteiger partial charge in [-0.3, -0.25) is 4.79 Å². The molecule has 118 valence electrons. The molecule has 6 heteroatoms. The van der Waals surface area contributed by atoms with Crippen molar-refractivity contribution < 1.29 is 9.21 Å². The molecule has 3 rings (SSSR count). The highest BCUT2D eigenvalue weighted by Gasteiger charge is 2.19. The number of aryl methyl sites for hydroxylation is 1. The van der Waals surface area contributed by atoms with Gasteiger partial charge in [0.2, 0.25) is 0 Å². The van der Waals surface area contributed by atoms with Gasteiger partial charge in [-0.2, -0.15) is 5.10 Å². The van der Waals surface area contributed by atoms with Gasteiger partial charge in [0.25, 0.3) is 5.91 Å². The second-order valence-electron chi connectivity index (χ2n) is 5.20. The molecule has 0 aliphatic carbocycles. The van der Waals surface area contributed by atoms with Gasteiger partial charge in [-0.1, -0.05) is 15.9 Å². The largest absolute Gasteiger partial charge is 0.467 e. The summed E-state index contributed by atoms with van der Waals surface area (Å²) in [5, 5.41) is 7.36. The molecule has 0 bridgehead atoms. The number of hydrogen-bond acceptors (Lipinski definition) is 3. The summed E-state index contributed by atoms with van der Waals surface area (Å²) in [6.07, 6.45) is 1.59. The van der Waals surface area contributed by atoms with E-state index in [0.29, 0.717) is 23.6 Å². The van der Waals surface area contributed by atoms with Crippen LogP contribution >= 0.6 is 15.9 Å². The molecule has 1 amide bonds. The number of amides is 1. The number of carbonyl (C=O) groups excluding carboxylic acids is 1. The van der Waals surface area contributed by atoms with Crippen molar-refractivity contribution in [2.75, 3.05) is 0 Å². The van der Waals surface area contributed by atoms with Crippen LogP contribution in [0.3, 0.4) is 0 Å². The molecular weight excluding hydrogens is 358 g/mol. The summed E-state index contributed by atoms with van der Waals surface area (Å²) in [5.41, 5.74) is 3.02. The fourth-order valence-electron chi connectivity index (χ4n) is 2.47. The van der Waals surface area contributed by atoms with Crippen LogP contribution in [0.4, 0.5) is 0 Å². The molecule has 0 aliphatic heterocycles. The summed E-state index contributed by atoms with van der Waals surface area (Å²) in [5.74, 6) is 0.564. The normalized spacial score (nSPS) is 10.7. The Labute approximate surface area is 142 Å². The number of aromatic nitrogens is 2. The monoisotopic (exact) mass is 373 g/mol. The fraction of sp³-hybridized carbons (Fsp3) is 0.176. The van der Waals surface area contributed by atoms with Gasteiger partial charge < -0.3 is 9.73 Å². The van der Waals surface area contributed by atoms with E-state index in [1.165, 1.54) is 0 Å². The maximum Gasteiger partial charge on any atom is 0.255 e. The van der Waals surface area contributed by atoms with E-state index < -0.39 is 0 Å². The van der Waals surface area contributed by atoms with Crippen LogP contribution in [0.15, 0.2) is 51.6 Å². The van der Waals surface area contributed by atoms with Crippen LogP contribution in [-0.2, 0) is 6.54 Å². The first kappa shape index (κ1) is 15.6. The SMILES string of the molecule is Cc1nn(-c2ccc(Br)cc2)c(C)c1C(=O)NCc1ccco1. The maximum atomic E-state index is 12.5. The molecule has 0 saturated heterocycles. The Morgan fingerprint density at radius 2 is 2.00 bits per heavy atom. The zero-order valence-corrected chi connectivity index (χ0v) is 14.4. The minimum atomic E-state index is -0.153. The lowest BCUT2D eigenvalue weighted by Gasteiger charge is -2.06. The first-order valence-corrected chi connectivity index (χ1v) is 7.98. The Kier molecular flexibility index (Phi) is 4.34. The quantitative estimate of drug-likeness (QED) is 0.756. The van der Waals surface area contributed by atoms with Crippen molar-refractivity contribution in [3.8, 4) is 5.69 Å². The van der Waals surface area contributed by atoms with Crippen LogP contribution < -0.4 is 5.32 Å². The first-order valence-electron chi connectivity index (χ1n) is 7.19. The number of halogens is 1. The summed E-state index contributed by atoms with van der Waals surface area (Å²) < 4.78 is 8.01. The minimum Gasteiger partial charge on any atom is -0.467 e. The van der Waals surface area contributed by atoms with E-state index in [1.807, 2.05) is 44.2 Å². The highest BCUT2D eigenvalue weighted by Crippen LogP contribution is 2.20. The molecule has 3 aromatic rings. The first-order chi connectivity index (χ1) is 11.1. The number of benzene rings is 1. The van der Waals surface area contributed by atoms with E-state index in [9.17, 15) is 4.79 Å². The van der Waals surface area contributed by atoms with Crippen molar-refractivity contribution in [2.24, 2.45) is 0 Å². The zero-order chi connectivity index (χ0) is 16.4. The van der Waals surface area contributed by atoms with Gasteiger partial charge in [0.15, 0.2) is 0 Å². The fourth-order valence-corrected chi connectivity index (χ4v) is 2.74. The number of nitrogens with zero attached hydrogens (tertiary/aromatic N) is 2. The topological polar surface area (TPSA) is 60.1 Å². The van der Waals surface area contributed by atoms with E-state index in [1.54, 1.807) is 17.0 Å². The molecule has 0 fully saturated rings. The molecule has 2 aromatic heterocycles. The molecule has 2 heterocycles. The number of furan rings is 1. The third-order valence-corrected chi connectivity index (χ3v) is 4.12. The molecule has 0 unspecified atom stereocenters. The summed E-state index contributed by atoms with van der Waals surface area (Å²) in [7, 11) is 0. The van der Waals surface area contributed by atoms with Gasteiger partial charge in [-0.25, -0.2) is 4.68 Å². The Hall–Kier alpha value is -2.34. The number of nitrogens with one attached hydrogen (secondary N) is 1. The summed E-state index contributed by atoms with van der Waals surface area (Å²) in [4.78, 5) is 12.5. The van der Waals surface area contributed by atoms with Gasteiger partial charge in [-0.05, 0) is 50.2 Å². The Morgan fingerprint density at radius 1 is 1.26 bits per heavy atom.